The quantitative estimate of drug-likeness (QED) is 0.852. The van der Waals surface area contributed by atoms with Crippen LogP contribution in [0.3, 0.4) is 0 Å². The van der Waals surface area contributed by atoms with Crippen LogP contribution in [0.25, 0.3) is 0 Å². The van der Waals surface area contributed by atoms with Crippen molar-refractivity contribution in [2.45, 2.75) is 32.2 Å². The molecule has 0 radical (unpaired) electrons. The van der Waals surface area contributed by atoms with E-state index in [1.54, 1.807) is 24.3 Å². The van der Waals surface area contributed by atoms with Crippen LogP contribution in [0, 0.1) is 0 Å². The zero-order chi connectivity index (χ0) is 18.9. The smallest absolute Gasteiger partial charge is 0.260 e. The number of hydrogen-bond acceptors (Lipinski definition) is 3. The molecule has 2 aromatic rings. The summed E-state index contributed by atoms with van der Waals surface area (Å²) in [6, 6.07) is 16.8. The normalized spacial score (nSPS) is 14.3. The van der Waals surface area contributed by atoms with Crippen molar-refractivity contribution < 1.29 is 14.3 Å². The zero-order valence-electron chi connectivity index (χ0n) is 15.5. The number of amides is 2. The second-order valence-corrected chi connectivity index (χ2v) is 6.75. The molecule has 1 fully saturated rings. The van der Waals surface area contributed by atoms with E-state index in [-0.39, 0.29) is 18.4 Å². The topological polar surface area (TPSA) is 58.6 Å². The van der Waals surface area contributed by atoms with Crippen LogP contribution in [-0.2, 0) is 11.3 Å². The van der Waals surface area contributed by atoms with Gasteiger partial charge in [0.05, 0.1) is 5.56 Å². The van der Waals surface area contributed by atoms with E-state index in [1.807, 2.05) is 35.2 Å². The molecule has 142 valence electrons. The zero-order valence-corrected chi connectivity index (χ0v) is 15.5. The average molecular weight is 366 g/mol. The van der Waals surface area contributed by atoms with Crippen LogP contribution >= 0.6 is 0 Å². The second-order valence-electron chi connectivity index (χ2n) is 6.75. The van der Waals surface area contributed by atoms with Gasteiger partial charge in [0, 0.05) is 19.6 Å². The van der Waals surface area contributed by atoms with Gasteiger partial charge in [-0.2, -0.15) is 0 Å². The average Bonchev–Trinajstić information content (AvgIpc) is 3.01. The molecule has 0 aromatic heterocycles. The van der Waals surface area contributed by atoms with Gasteiger partial charge in [-0.05, 0) is 30.5 Å². The van der Waals surface area contributed by atoms with Crippen LogP contribution < -0.4 is 10.1 Å². The van der Waals surface area contributed by atoms with Crippen molar-refractivity contribution in [1.82, 2.24) is 10.2 Å². The number of likely N-dealkylation sites (tertiary alicyclic amines) is 1. The highest BCUT2D eigenvalue weighted by atomic mass is 16.5. The molecule has 0 bridgehead atoms. The highest BCUT2D eigenvalue weighted by Crippen LogP contribution is 2.18. The predicted octanol–water partition coefficient (Wildman–Crippen LogP) is 3.40. The summed E-state index contributed by atoms with van der Waals surface area (Å²) in [6.07, 6.45) is 4.44. The molecule has 2 amide bonds. The molecule has 5 nitrogen and oxygen atoms in total. The lowest BCUT2D eigenvalue weighted by molar-refractivity contribution is -0.133. The van der Waals surface area contributed by atoms with Crippen LogP contribution in [0.5, 0.6) is 5.75 Å². The predicted molar refractivity (Wildman–Crippen MR) is 105 cm³/mol. The summed E-state index contributed by atoms with van der Waals surface area (Å²) < 4.78 is 5.71. The first kappa shape index (κ1) is 19.0. The van der Waals surface area contributed by atoms with Gasteiger partial charge >= 0.3 is 0 Å². The molecule has 3 rings (SSSR count). The van der Waals surface area contributed by atoms with Crippen molar-refractivity contribution in [2.75, 3.05) is 19.7 Å². The number of carbonyl (C=O) groups is 2. The lowest BCUT2D eigenvalue weighted by atomic mass is 10.1. The van der Waals surface area contributed by atoms with Crippen LogP contribution in [0.4, 0.5) is 0 Å². The first-order valence-electron chi connectivity index (χ1n) is 9.56. The van der Waals surface area contributed by atoms with E-state index in [2.05, 4.69) is 5.32 Å². The van der Waals surface area contributed by atoms with E-state index in [4.69, 9.17) is 4.74 Å². The summed E-state index contributed by atoms with van der Waals surface area (Å²) in [5.74, 6) is 0.208. The first-order valence-corrected chi connectivity index (χ1v) is 9.56. The molecular weight excluding hydrogens is 340 g/mol. The second kappa shape index (κ2) is 9.76. The Balaban J connectivity index is 1.58. The molecule has 0 unspecified atom stereocenters. The Hall–Kier alpha value is -2.82. The molecule has 27 heavy (non-hydrogen) atoms. The molecule has 0 saturated carbocycles. The van der Waals surface area contributed by atoms with E-state index < -0.39 is 0 Å². The summed E-state index contributed by atoms with van der Waals surface area (Å²) in [5, 5.41) is 2.90. The summed E-state index contributed by atoms with van der Waals surface area (Å²) >= 11 is 0. The molecule has 1 aliphatic heterocycles. The summed E-state index contributed by atoms with van der Waals surface area (Å²) in [5.41, 5.74) is 1.47. The van der Waals surface area contributed by atoms with Crippen molar-refractivity contribution in [3.05, 3.63) is 65.7 Å². The maximum atomic E-state index is 12.5. The van der Waals surface area contributed by atoms with E-state index in [1.165, 1.54) is 12.8 Å². The fourth-order valence-electron chi connectivity index (χ4n) is 3.20. The number of benzene rings is 2. The molecule has 0 atom stereocenters. The van der Waals surface area contributed by atoms with E-state index in [0.29, 0.717) is 17.9 Å². The molecule has 5 heteroatoms. The summed E-state index contributed by atoms with van der Waals surface area (Å²) in [6.45, 7) is 1.99. The van der Waals surface area contributed by atoms with Crippen molar-refractivity contribution in [1.29, 1.82) is 0 Å². The van der Waals surface area contributed by atoms with Gasteiger partial charge in [-0.1, -0.05) is 55.3 Å². The highest BCUT2D eigenvalue weighted by molar-refractivity contribution is 5.97. The van der Waals surface area contributed by atoms with Gasteiger partial charge in [-0.25, -0.2) is 0 Å². The highest BCUT2D eigenvalue weighted by Gasteiger charge is 2.18. The number of carbonyl (C=O) groups excluding carboxylic acids is 2. The van der Waals surface area contributed by atoms with Crippen molar-refractivity contribution in [3.8, 4) is 5.75 Å². The fourth-order valence-corrected chi connectivity index (χ4v) is 3.20. The Morgan fingerprint density at radius 1 is 0.889 bits per heavy atom. The van der Waals surface area contributed by atoms with E-state index in [0.717, 1.165) is 31.5 Å². The van der Waals surface area contributed by atoms with Crippen LogP contribution in [-0.4, -0.2) is 36.4 Å². The van der Waals surface area contributed by atoms with Gasteiger partial charge in [0.15, 0.2) is 6.61 Å². The van der Waals surface area contributed by atoms with E-state index >= 15 is 0 Å². The number of nitrogens with one attached hydrogen (secondary N) is 1. The molecule has 1 aliphatic rings. The number of nitrogens with zero attached hydrogens (tertiary/aromatic N) is 1. The molecule has 1 N–H and O–H groups in total. The summed E-state index contributed by atoms with van der Waals surface area (Å²) in [4.78, 5) is 26.8. The first-order chi connectivity index (χ1) is 13.2. The molecule has 1 heterocycles. The van der Waals surface area contributed by atoms with Gasteiger partial charge in [0.25, 0.3) is 11.8 Å². The van der Waals surface area contributed by atoms with Crippen molar-refractivity contribution in [3.63, 3.8) is 0 Å². The third-order valence-electron chi connectivity index (χ3n) is 4.74. The maximum absolute atomic E-state index is 12.5. The number of rotatable bonds is 6. The standard InChI is InChI=1S/C22H26N2O3/c25-21(24-14-8-1-2-9-15-24)17-27-20-13-7-6-12-19(20)22(26)23-16-18-10-4-3-5-11-18/h3-7,10-13H,1-2,8-9,14-17H2,(H,23,26). The van der Waals surface area contributed by atoms with Crippen molar-refractivity contribution in [2.24, 2.45) is 0 Å². The molecule has 1 saturated heterocycles. The Kier molecular flexibility index (Phi) is 6.85. The fraction of sp³-hybridized carbons (Fsp3) is 0.364. The Morgan fingerprint density at radius 2 is 1.56 bits per heavy atom. The minimum atomic E-state index is -0.211. The van der Waals surface area contributed by atoms with Crippen LogP contribution in [0.15, 0.2) is 54.6 Å². The Bertz CT molecular complexity index is 753. The lowest BCUT2D eigenvalue weighted by Crippen LogP contribution is -2.35. The van der Waals surface area contributed by atoms with Crippen LogP contribution in [0.2, 0.25) is 0 Å². The van der Waals surface area contributed by atoms with Gasteiger partial charge in [0.2, 0.25) is 0 Å². The Morgan fingerprint density at radius 3 is 2.30 bits per heavy atom. The van der Waals surface area contributed by atoms with Gasteiger partial charge in [0.1, 0.15) is 5.75 Å². The largest absolute Gasteiger partial charge is 0.483 e. The Labute approximate surface area is 160 Å². The molecular formula is C22H26N2O3. The maximum Gasteiger partial charge on any atom is 0.260 e. The molecule has 0 spiro atoms. The van der Waals surface area contributed by atoms with Gasteiger partial charge in [-0.15, -0.1) is 0 Å². The van der Waals surface area contributed by atoms with E-state index in [9.17, 15) is 9.59 Å². The SMILES string of the molecule is O=C(NCc1ccccc1)c1ccccc1OCC(=O)N1CCCCCC1. The summed E-state index contributed by atoms with van der Waals surface area (Å²) in [7, 11) is 0. The number of hydrogen-bond donors (Lipinski definition) is 1. The van der Waals surface area contributed by atoms with Gasteiger partial charge in [-0.3, -0.25) is 9.59 Å². The monoisotopic (exact) mass is 366 g/mol. The third kappa shape index (κ3) is 5.58. The molecule has 0 aliphatic carbocycles. The number of para-hydroxylation sites is 1. The van der Waals surface area contributed by atoms with Gasteiger partial charge < -0.3 is 15.0 Å². The lowest BCUT2D eigenvalue weighted by Gasteiger charge is -2.20. The van der Waals surface area contributed by atoms with Crippen molar-refractivity contribution >= 4 is 11.8 Å². The number of ether oxygens (including phenoxy) is 1. The van der Waals surface area contributed by atoms with Crippen LogP contribution in [0.1, 0.15) is 41.6 Å². The minimum absolute atomic E-state index is 0.0172. The third-order valence-corrected chi connectivity index (χ3v) is 4.74. The minimum Gasteiger partial charge on any atom is -0.483 e. The molecule has 2 aromatic carbocycles.